The summed E-state index contributed by atoms with van der Waals surface area (Å²) in [7, 11) is -3.84. The van der Waals surface area contributed by atoms with Gasteiger partial charge in [-0.05, 0) is 36.8 Å². The summed E-state index contributed by atoms with van der Waals surface area (Å²) in [6.45, 7) is 1.09. The maximum Gasteiger partial charge on any atom is 0.325 e. The standard InChI is InChI=1S/C18H18N4O5S/c1-18(12-5-3-2-4-6-12)16(24)22(17(25)21-18)11-15(23)20-13-7-9-14(10-8-13)28(19,26)27/h2-10H,11H2,1H3,(H,20,23)(H,21,25)(H2,19,26,27)/t18-/m0/s1. The number of anilines is 1. The molecule has 0 spiro atoms. The first-order valence-corrected chi connectivity index (χ1v) is 9.78. The van der Waals surface area contributed by atoms with Crippen molar-refractivity contribution in [2.75, 3.05) is 11.9 Å². The van der Waals surface area contributed by atoms with E-state index in [1.807, 2.05) is 0 Å². The van der Waals surface area contributed by atoms with Crippen LogP contribution in [0.25, 0.3) is 0 Å². The lowest BCUT2D eigenvalue weighted by Gasteiger charge is -2.22. The Labute approximate surface area is 161 Å². The van der Waals surface area contributed by atoms with E-state index in [-0.39, 0.29) is 4.90 Å². The molecule has 1 atom stereocenters. The SMILES string of the molecule is C[C@@]1(c2ccccc2)NC(=O)N(CC(=O)Nc2ccc(S(N)(=O)=O)cc2)C1=O. The van der Waals surface area contributed by atoms with E-state index in [0.29, 0.717) is 11.3 Å². The Morgan fingerprint density at radius 2 is 1.71 bits per heavy atom. The zero-order valence-corrected chi connectivity index (χ0v) is 15.7. The van der Waals surface area contributed by atoms with Gasteiger partial charge in [0.1, 0.15) is 12.1 Å². The Morgan fingerprint density at radius 1 is 1.11 bits per heavy atom. The molecule has 3 rings (SSSR count). The van der Waals surface area contributed by atoms with Crippen molar-refractivity contribution in [1.82, 2.24) is 10.2 Å². The first-order valence-electron chi connectivity index (χ1n) is 8.23. The molecule has 1 aliphatic rings. The summed E-state index contributed by atoms with van der Waals surface area (Å²) < 4.78 is 22.5. The predicted molar refractivity (Wildman–Crippen MR) is 100 cm³/mol. The number of imide groups is 1. The van der Waals surface area contributed by atoms with Gasteiger partial charge in [-0.2, -0.15) is 0 Å². The van der Waals surface area contributed by atoms with Gasteiger partial charge in [-0.15, -0.1) is 0 Å². The molecule has 9 nitrogen and oxygen atoms in total. The monoisotopic (exact) mass is 402 g/mol. The minimum absolute atomic E-state index is 0.0989. The minimum Gasteiger partial charge on any atom is -0.325 e. The molecule has 4 N–H and O–H groups in total. The molecule has 1 saturated heterocycles. The molecule has 2 aromatic rings. The Balaban J connectivity index is 1.70. The highest BCUT2D eigenvalue weighted by Crippen LogP contribution is 2.28. The van der Waals surface area contributed by atoms with E-state index in [9.17, 15) is 22.8 Å². The molecule has 0 radical (unpaired) electrons. The molecule has 0 unspecified atom stereocenters. The Bertz CT molecular complexity index is 1040. The molecule has 4 amide bonds. The van der Waals surface area contributed by atoms with Gasteiger partial charge in [-0.25, -0.2) is 18.4 Å². The molecule has 0 aliphatic carbocycles. The molecule has 146 valence electrons. The molecule has 10 heteroatoms. The van der Waals surface area contributed by atoms with Crippen LogP contribution < -0.4 is 15.8 Å². The van der Waals surface area contributed by atoms with E-state index in [4.69, 9.17) is 5.14 Å². The number of urea groups is 1. The molecular formula is C18H18N4O5S. The third kappa shape index (κ3) is 3.73. The predicted octanol–water partition coefficient (Wildman–Crippen LogP) is 0.740. The highest BCUT2D eigenvalue weighted by molar-refractivity contribution is 7.89. The van der Waals surface area contributed by atoms with E-state index in [0.717, 1.165) is 4.90 Å². The molecule has 0 aromatic heterocycles. The van der Waals surface area contributed by atoms with Crippen LogP contribution in [0.1, 0.15) is 12.5 Å². The number of carbonyl (C=O) groups excluding carboxylic acids is 3. The van der Waals surface area contributed by atoms with Crippen LogP contribution in [0.4, 0.5) is 10.5 Å². The number of benzene rings is 2. The average molecular weight is 402 g/mol. The Kier molecular flexibility index (Phi) is 4.92. The van der Waals surface area contributed by atoms with Crippen LogP contribution in [0, 0.1) is 0 Å². The molecule has 28 heavy (non-hydrogen) atoms. The van der Waals surface area contributed by atoms with Crippen LogP contribution in [0.5, 0.6) is 0 Å². The number of hydrogen-bond donors (Lipinski definition) is 3. The fourth-order valence-electron chi connectivity index (χ4n) is 2.88. The minimum atomic E-state index is -3.84. The average Bonchev–Trinajstić information content (AvgIpc) is 2.86. The van der Waals surface area contributed by atoms with Gasteiger partial charge in [-0.1, -0.05) is 30.3 Å². The largest absolute Gasteiger partial charge is 0.325 e. The van der Waals surface area contributed by atoms with Crippen molar-refractivity contribution in [3.63, 3.8) is 0 Å². The Morgan fingerprint density at radius 3 is 2.29 bits per heavy atom. The Hall–Kier alpha value is -3.24. The maximum absolute atomic E-state index is 12.8. The van der Waals surface area contributed by atoms with Crippen molar-refractivity contribution in [2.45, 2.75) is 17.4 Å². The maximum atomic E-state index is 12.8. The molecule has 1 fully saturated rings. The molecule has 0 saturated carbocycles. The first-order chi connectivity index (χ1) is 13.1. The lowest BCUT2D eigenvalue weighted by molar-refractivity contribution is -0.133. The van der Waals surface area contributed by atoms with Gasteiger partial charge in [0, 0.05) is 5.69 Å². The zero-order chi connectivity index (χ0) is 20.5. The lowest BCUT2D eigenvalue weighted by atomic mass is 9.92. The molecule has 0 bridgehead atoms. The van der Waals surface area contributed by atoms with E-state index >= 15 is 0 Å². The summed E-state index contributed by atoms with van der Waals surface area (Å²) in [6, 6.07) is 13.3. The fraction of sp³-hybridized carbons (Fsp3) is 0.167. The van der Waals surface area contributed by atoms with Crippen LogP contribution in [0.15, 0.2) is 59.5 Å². The van der Waals surface area contributed by atoms with Gasteiger partial charge in [0.15, 0.2) is 0 Å². The van der Waals surface area contributed by atoms with Crippen LogP contribution in [-0.4, -0.2) is 37.7 Å². The van der Waals surface area contributed by atoms with Crippen molar-refractivity contribution in [3.05, 3.63) is 60.2 Å². The highest BCUT2D eigenvalue weighted by atomic mass is 32.2. The number of carbonyl (C=O) groups is 3. The van der Waals surface area contributed by atoms with Gasteiger partial charge in [0.2, 0.25) is 15.9 Å². The summed E-state index contributed by atoms with van der Waals surface area (Å²) in [5.74, 6) is -1.15. The number of amides is 4. The third-order valence-electron chi connectivity index (χ3n) is 4.39. The van der Waals surface area contributed by atoms with Gasteiger partial charge in [0.05, 0.1) is 4.90 Å². The summed E-state index contributed by atoms with van der Waals surface area (Å²) >= 11 is 0. The van der Waals surface area contributed by atoms with Gasteiger partial charge < -0.3 is 10.6 Å². The summed E-state index contributed by atoms with van der Waals surface area (Å²) in [5, 5.41) is 10.1. The number of primary sulfonamides is 1. The van der Waals surface area contributed by atoms with Crippen molar-refractivity contribution in [1.29, 1.82) is 0 Å². The second-order valence-corrected chi connectivity index (χ2v) is 7.99. The number of nitrogens with one attached hydrogen (secondary N) is 2. The highest BCUT2D eigenvalue weighted by Gasteiger charge is 2.49. The molecule has 2 aromatic carbocycles. The van der Waals surface area contributed by atoms with Crippen molar-refractivity contribution < 1.29 is 22.8 Å². The van der Waals surface area contributed by atoms with Crippen LogP contribution in [-0.2, 0) is 25.2 Å². The van der Waals surface area contributed by atoms with E-state index in [1.54, 1.807) is 37.3 Å². The summed E-state index contributed by atoms with van der Waals surface area (Å²) in [6.07, 6.45) is 0. The van der Waals surface area contributed by atoms with Gasteiger partial charge in [0.25, 0.3) is 5.91 Å². The van der Waals surface area contributed by atoms with Crippen molar-refractivity contribution >= 4 is 33.6 Å². The topological polar surface area (TPSA) is 139 Å². The molecular weight excluding hydrogens is 384 g/mol. The number of rotatable bonds is 5. The van der Waals surface area contributed by atoms with Crippen LogP contribution >= 0.6 is 0 Å². The number of sulfonamides is 1. The number of nitrogens with zero attached hydrogens (tertiary/aromatic N) is 1. The molecule has 1 aliphatic heterocycles. The summed E-state index contributed by atoms with van der Waals surface area (Å²) in [5.41, 5.74) is -0.347. The fourth-order valence-corrected chi connectivity index (χ4v) is 3.40. The summed E-state index contributed by atoms with van der Waals surface area (Å²) in [4.78, 5) is 38.0. The van der Waals surface area contributed by atoms with Crippen LogP contribution in [0.3, 0.4) is 0 Å². The van der Waals surface area contributed by atoms with Crippen molar-refractivity contribution in [3.8, 4) is 0 Å². The number of nitrogens with two attached hydrogens (primary N) is 1. The van der Waals surface area contributed by atoms with Crippen molar-refractivity contribution in [2.24, 2.45) is 5.14 Å². The normalized spacial score (nSPS) is 19.4. The smallest absolute Gasteiger partial charge is 0.325 e. The quantitative estimate of drug-likeness (QED) is 0.633. The molecule has 1 heterocycles. The second-order valence-electron chi connectivity index (χ2n) is 6.43. The third-order valence-corrected chi connectivity index (χ3v) is 5.32. The van der Waals surface area contributed by atoms with E-state index in [1.165, 1.54) is 24.3 Å². The van der Waals surface area contributed by atoms with Gasteiger partial charge >= 0.3 is 6.03 Å². The zero-order valence-electron chi connectivity index (χ0n) is 14.9. The number of hydrogen-bond acceptors (Lipinski definition) is 5. The first kappa shape index (κ1) is 19.5. The van der Waals surface area contributed by atoms with Crippen LogP contribution in [0.2, 0.25) is 0 Å². The second kappa shape index (κ2) is 7.06. The van der Waals surface area contributed by atoms with E-state index < -0.39 is 40.0 Å². The van der Waals surface area contributed by atoms with E-state index in [2.05, 4.69) is 10.6 Å². The van der Waals surface area contributed by atoms with Gasteiger partial charge in [-0.3, -0.25) is 14.5 Å². The lowest BCUT2D eigenvalue weighted by Crippen LogP contribution is -2.42.